The lowest BCUT2D eigenvalue weighted by molar-refractivity contribution is -0.0555. The number of hydrogen-bond acceptors (Lipinski definition) is 3. The maximum atomic E-state index is 6.19. The lowest BCUT2D eigenvalue weighted by Gasteiger charge is -2.51. The van der Waals surface area contributed by atoms with E-state index in [1.54, 1.807) is 7.11 Å². The first kappa shape index (κ1) is 15.2. The van der Waals surface area contributed by atoms with Crippen LogP contribution in [0.1, 0.15) is 39.2 Å². The Balaban J connectivity index is 2.02. The highest BCUT2D eigenvalue weighted by molar-refractivity contribution is 5.43. The third-order valence-corrected chi connectivity index (χ3v) is 4.41. The van der Waals surface area contributed by atoms with E-state index in [2.05, 4.69) is 39.1 Å². The van der Waals surface area contributed by atoms with E-state index in [0.717, 1.165) is 24.5 Å². The van der Waals surface area contributed by atoms with Gasteiger partial charge in [0.25, 0.3) is 0 Å². The maximum absolute atomic E-state index is 6.19. The van der Waals surface area contributed by atoms with Gasteiger partial charge in [0.15, 0.2) is 11.5 Å². The van der Waals surface area contributed by atoms with Crippen LogP contribution in [0.4, 0.5) is 0 Å². The molecular formula is C17H27NO2. The highest BCUT2D eigenvalue weighted by Gasteiger charge is 2.49. The minimum absolute atomic E-state index is 0.158. The number of hydrogen-bond donors (Lipinski definition) is 1. The van der Waals surface area contributed by atoms with E-state index in [1.807, 2.05) is 12.1 Å². The van der Waals surface area contributed by atoms with E-state index in [1.165, 1.54) is 12.0 Å². The number of aryl methyl sites for hydroxylation is 1. The zero-order valence-electron chi connectivity index (χ0n) is 13.3. The summed E-state index contributed by atoms with van der Waals surface area (Å²) in [5.41, 5.74) is 1.34. The topological polar surface area (TPSA) is 30.5 Å². The van der Waals surface area contributed by atoms with Gasteiger partial charge >= 0.3 is 0 Å². The molecule has 0 saturated heterocycles. The average Bonchev–Trinajstić information content (AvgIpc) is 2.43. The molecule has 0 amide bonds. The number of rotatable bonds is 6. The number of benzene rings is 1. The van der Waals surface area contributed by atoms with Crippen molar-refractivity contribution in [1.82, 2.24) is 5.32 Å². The van der Waals surface area contributed by atoms with Crippen LogP contribution in [-0.2, 0) is 0 Å². The highest BCUT2D eigenvalue weighted by Crippen LogP contribution is 2.44. The number of nitrogens with one attached hydrogen (secondary N) is 1. The van der Waals surface area contributed by atoms with Crippen LogP contribution in [0, 0.1) is 12.3 Å². The van der Waals surface area contributed by atoms with Gasteiger partial charge in [0.1, 0.15) is 6.10 Å². The summed E-state index contributed by atoms with van der Waals surface area (Å²) in [6, 6.07) is 6.64. The second-order valence-corrected chi connectivity index (χ2v) is 6.32. The molecule has 1 aliphatic rings. The van der Waals surface area contributed by atoms with Gasteiger partial charge in [0, 0.05) is 17.9 Å². The molecule has 0 heterocycles. The van der Waals surface area contributed by atoms with Gasteiger partial charge in [-0.25, -0.2) is 0 Å². The summed E-state index contributed by atoms with van der Waals surface area (Å²) in [4.78, 5) is 0. The molecule has 3 heteroatoms. The van der Waals surface area contributed by atoms with Crippen molar-refractivity contribution in [3.8, 4) is 11.5 Å². The maximum Gasteiger partial charge on any atom is 0.161 e. The minimum atomic E-state index is 0.158. The summed E-state index contributed by atoms with van der Waals surface area (Å²) in [6.07, 6.45) is 2.47. The Morgan fingerprint density at radius 1 is 1.30 bits per heavy atom. The van der Waals surface area contributed by atoms with Crippen molar-refractivity contribution in [3.63, 3.8) is 0 Å². The van der Waals surface area contributed by atoms with Crippen LogP contribution in [0.15, 0.2) is 18.2 Å². The second kappa shape index (κ2) is 6.04. The molecule has 112 valence electrons. The van der Waals surface area contributed by atoms with Gasteiger partial charge in [-0.2, -0.15) is 0 Å². The smallest absolute Gasteiger partial charge is 0.161 e. The van der Waals surface area contributed by atoms with E-state index >= 15 is 0 Å². The van der Waals surface area contributed by atoms with E-state index in [4.69, 9.17) is 9.47 Å². The Morgan fingerprint density at radius 3 is 2.65 bits per heavy atom. The van der Waals surface area contributed by atoms with Crippen molar-refractivity contribution in [2.24, 2.45) is 5.41 Å². The Morgan fingerprint density at radius 2 is 2.05 bits per heavy atom. The van der Waals surface area contributed by atoms with Crippen LogP contribution < -0.4 is 14.8 Å². The van der Waals surface area contributed by atoms with Gasteiger partial charge in [0.2, 0.25) is 0 Å². The normalized spacial score (nSPS) is 24.1. The fourth-order valence-electron chi connectivity index (χ4n) is 2.78. The molecule has 1 aromatic carbocycles. The predicted octanol–water partition coefficient (Wildman–Crippen LogP) is 3.55. The molecule has 1 saturated carbocycles. The summed E-state index contributed by atoms with van der Waals surface area (Å²) in [5, 5.41) is 3.60. The van der Waals surface area contributed by atoms with Gasteiger partial charge < -0.3 is 14.8 Å². The highest BCUT2D eigenvalue weighted by atomic mass is 16.5. The Kier molecular flexibility index (Phi) is 4.59. The van der Waals surface area contributed by atoms with Crippen molar-refractivity contribution in [2.45, 2.75) is 52.7 Å². The summed E-state index contributed by atoms with van der Waals surface area (Å²) < 4.78 is 11.6. The molecule has 1 aromatic rings. The van der Waals surface area contributed by atoms with Crippen molar-refractivity contribution < 1.29 is 9.47 Å². The second-order valence-electron chi connectivity index (χ2n) is 6.32. The molecule has 2 atom stereocenters. The van der Waals surface area contributed by atoms with E-state index < -0.39 is 0 Å². The summed E-state index contributed by atoms with van der Waals surface area (Å²) in [5.74, 6) is 1.68. The van der Waals surface area contributed by atoms with E-state index in [0.29, 0.717) is 6.04 Å². The van der Waals surface area contributed by atoms with Crippen LogP contribution >= 0.6 is 0 Å². The van der Waals surface area contributed by atoms with Crippen LogP contribution in [0.25, 0.3) is 0 Å². The lowest BCUT2D eigenvalue weighted by atomic mass is 9.64. The van der Waals surface area contributed by atoms with E-state index in [9.17, 15) is 0 Å². The first-order chi connectivity index (χ1) is 9.48. The average molecular weight is 277 g/mol. The third kappa shape index (κ3) is 2.93. The molecule has 0 aromatic heterocycles. The fraction of sp³-hybridized carbons (Fsp3) is 0.647. The molecule has 1 N–H and O–H groups in total. The monoisotopic (exact) mass is 277 g/mol. The third-order valence-electron chi connectivity index (χ3n) is 4.41. The molecule has 20 heavy (non-hydrogen) atoms. The first-order valence-electron chi connectivity index (χ1n) is 7.53. The predicted molar refractivity (Wildman–Crippen MR) is 82.6 cm³/mol. The zero-order chi connectivity index (χ0) is 14.8. The molecule has 0 bridgehead atoms. The largest absolute Gasteiger partial charge is 0.493 e. The first-order valence-corrected chi connectivity index (χ1v) is 7.53. The zero-order valence-corrected chi connectivity index (χ0v) is 13.3. The van der Waals surface area contributed by atoms with Gasteiger partial charge in [-0.3, -0.25) is 0 Å². The molecule has 0 spiro atoms. The minimum Gasteiger partial charge on any atom is -0.493 e. The summed E-state index contributed by atoms with van der Waals surface area (Å²) in [7, 11) is 1.69. The molecule has 2 rings (SSSR count). The fourth-order valence-corrected chi connectivity index (χ4v) is 2.78. The van der Waals surface area contributed by atoms with Gasteiger partial charge in [-0.05, 0) is 37.6 Å². The quantitative estimate of drug-likeness (QED) is 0.862. The van der Waals surface area contributed by atoms with E-state index in [-0.39, 0.29) is 11.5 Å². The van der Waals surface area contributed by atoms with Crippen LogP contribution in [-0.4, -0.2) is 25.8 Å². The Labute approximate surface area is 122 Å². The molecule has 0 aliphatic heterocycles. The SMILES string of the molecule is CCCNC1CC(Oc2ccc(C)cc2OC)C1(C)C. The van der Waals surface area contributed by atoms with Gasteiger partial charge in [-0.15, -0.1) is 0 Å². The molecule has 1 aliphatic carbocycles. The van der Waals surface area contributed by atoms with Crippen LogP contribution in [0.5, 0.6) is 11.5 Å². The lowest BCUT2D eigenvalue weighted by Crippen LogP contribution is -2.62. The molecule has 0 radical (unpaired) electrons. The summed E-state index contributed by atoms with van der Waals surface area (Å²) >= 11 is 0. The Hall–Kier alpha value is -1.22. The van der Waals surface area contributed by atoms with Gasteiger partial charge in [0.05, 0.1) is 7.11 Å². The molecule has 2 unspecified atom stereocenters. The van der Waals surface area contributed by atoms with Crippen LogP contribution in [0.3, 0.4) is 0 Å². The molecule has 1 fully saturated rings. The van der Waals surface area contributed by atoms with Crippen molar-refractivity contribution in [2.75, 3.05) is 13.7 Å². The molecule has 3 nitrogen and oxygen atoms in total. The van der Waals surface area contributed by atoms with Gasteiger partial charge in [-0.1, -0.05) is 26.8 Å². The van der Waals surface area contributed by atoms with Crippen molar-refractivity contribution in [3.05, 3.63) is 23.8 Å². The summed E-state index contributed by atoms with van der Waals surface area (Å²) in [6.45, 7) is 9.88. The van der Waals surface area contributed by atoms with Crippen LogP contribution in [0.2, 0.25) is 0 Å². The van der Waals surface area contributed by atoms with Crippen molar-refractivity contribution in [1.29, 1.82) is 0 Å². The number of ether oxygens (including phenoxy) is 2. The standard InChI is InChI=1S/C17H27NO2/c1-6-9-18-15-11-16(17(15,3)4)20-13-8-7-12(2)10-14(13)19-5/h7-8,10,15-16,18H,6,9,11H2,1-5H3. The molecular weight excluding hydrogens is 250 g/mol. The number of methoxy groups -OCH3 is 1. The van der Waals surface area contributed by atoms with Crippen molar-refractivity contribution >= 4 is 0 Å². The Bertz CT molecular complexity index is 456.